The Hall–Kier alpha value is -1.13. The number of rotatable bonds is 6. The zero-order chi connectivity index (χ0) is 15.2. The minimum absolute atomic E-state index is 0.109. The predicted molar refractivity (Wildman–Crippen MR) is 85.1 cm³/mol. The standard InChI is InChI=1S/C17H27FN2O/c1-13-8-14(2)12-20(11-13)17-5-4-15(9-16(17)18)10-19-6-7-21-3/h4-5,9,13-14,19H,6-8,10-12H2,1-3H3. The second-order valence-corrected chi connectivity index (χ2v) is 6.31. The van der Waals surface area contributed by atoms with E-state index in [-0.39, 0.29) is 5.82 Å². The number of benzene rings is 1. The van der Waals surface area contributed by atoms with Crippen LogP contribution in [0.25, 0.3) is 0 Å². The minimum Gasteiger partial charge on any atom is -0.383 e. The van der Waals surface area contributed by atoms with Gasteiger partial charge in [0.25, 0.3) is 0 Å². The van der Waals surface area contributed by atoms with Crippen LogP contribution in [0.1, 0.15) is 25.8 Å². The Morgan fingerprint density at radius 3 is 2.62 bits per heavy atom. The van der Waals surface area contributed by atoms with E-state index in [2.05, 4.69) is 24.1 Å². The normalized spacial score (nSPS) is 22.6. The molecule has 1 aromatic carbocycles. The molecule has 0 aromatic heterocycles. The van der Waals surface area contributed by atoms with Crippen LogP contribution >= 0.6 is 0 Å². The maximum Gasteiger partial charge on any atom is 0.146 e. The summed E-state index contributed by atoms with van der Waals surface area (Å²) < 4.78 is 19.3. The molecular formula is C17H27FN2O. The third kappa shape index (κ3) is 4.68. The fraction of sp³-hybridized carbons (Fsp3) is 0.647. The second kappa shape index (κ2) is 7.76. The molecule has 0 amide bonds. The molecule has 1 N–H and O–H groups in total. The van der Waals surface area contributed by atoms with Gasteiger partial charge >= 0.3 is 0 Å². The Balaban J connectivity index is 1.98. The number of hydrogen-bond acceptors (Lipinski definition) is 3. The Morgan fingerprint density at radius 2 is 2.00 bits per heavy atom. The summed E-state index contributed by atoms with van der Waals surface area (Å²) in [6.45, 7) is 8.52. The maximum atomic E-state index is 14.4. The van der Waals surface area contributed by atoms with Crippen molar-refractivity contribution in [1.29, 1.82) is 0 Å². The third-order valence-corrected chi connectivity index (χ3v) is 4.03. The molecular weight excluding hydrogens is 267 g/mol. The van der Waals surface area contributed by atoms with E-state index in [1.807, 2.05) is 12.1 Å². The van der Waals surface area contributed by atoms with Crippen molar-refractivity contribution in [3.63, 3.8) is 0 Å². The molecule has 2 unspecified atom stereocenters. The van der Waals surface area contributed by atoms with Gasteiger partial charge in [-0.25, -0.2) is 4.39 Å². The van der Waals surface area contributed by atoms with Gasteiger partial charge < -0.3 is 15.0 Å². The van der Waals surface area contributed by atoms with Crippen LogP contribution in [0.3, 0.4) is 0 Å². The summed E-state index contributed by atoms with van der Waals surface area (Å²) in [6, 6.07) is 5.59. The first kappa shape index (κ1) is 16.2. The molecule has 21 heavy (non-hydrogen) atoms. The molecule has 4 heteroatoms. The lowest BCUT2D eigenvalue weighted by Gasteiger charge is -2.36. The highest BCUT2D eigenvalue weighted by Gasteiger charge is 2.23. The number of anilines is 1. The summed E-state index contributed by atoms with van der Waals surface area (Å²) in [5, 5.41) is 3.24. The van der Waals surface area contributed by atoms with E-state index in [0.717, 1.165) is 30.9 Å². The number of nitrogens with one attached hydrogen (secondary N) is 1. The number of ether oxygens (including phenoxy) is 1. The van der Waals surface area contributed by atoms with E-state index in [9.17, 15) is 4.39 Å². The van der Waals surface area contributed by atoms with Crippen molar-refractivity contribution in [3.05, 3.63) is 29.6 Å². The molecule has 1 saturated heterocycles. The lowest BCUT2D eigenvalue weighted by Crippen LogP contribution is -2.39. The molecule has 1 heterocycles. The van der Waals surface area contributed by atoms with Crippen LogP contribution in [-0.4, -0.2) is 33.4 Å². The van der Waals surface area contributed by atoms with Gasteiger partial charge in [-0.3, -0.25) is 0 Å². The number of nitrogens with zero attached hydrogens (tertiary/aromatic N) is 1. The van der Waals surface area contributed by atoms with Gasteiger partial charge in [-0.05, 0) is 36.0 Å². The van der Waals surface area contributed by atoms with Gasteiger partial charge in [0.15, 0.2) is 0 Å². The first-order valence-corrected chi connectivity index (χ1v) is 7.83. The zero-order valence-corrected chi connectivity index (χ0v) is 13.4. The first-order chi connectivity index (χ1) is 10.1. The van der Waals surface area contributed by atoms with Crippen LogP contribution in [0.5, 0.6) is 0 Å². The zero-order valence-electron chi connectivity index (χ0n) is 13.4. The molecule has 0 aliphatic carbocycles. The van der Waals surface area contributed by atoms with E-state index >= 15 is 0 Å². The Morgan fingerprint density at radius 1 is 1.29 bits per heavy atom. The summed E-state index contributed by atoms with van der Waals surface area (Å²) in [5.41, 5.74) is 1.72. The van der Waals surface area contributed by atoms with Crippen molar-refractivity contribution >= 4 is 5.69 Å². The summed E-state index contributed by atoms with van der Waals surface area (Å²) in [5.74, 6) is 1.15. The van der Waals surface area contributed by atoms with Crippen LogP contribution in [-0.2, 0) is 11.3 Å². The largest absolute Gasteiger partial charge is 0.383 e. The molecule has 1 aliphatic rings. The summed E-state index contributed by atoms with van der Waals surface area (Å²) in [4.78, 5) is 2.19. The Kier molecular flexibility index (Phi) is 6.00. The van der Waals surface area contributed by atoms with Crippen molar-refractivity contribution in [1.82, 2.24) is 5.32 Å². The van der Waals surface area contributed by atoms with Gasteiger partial charge in [0.1, 0.15) is 5.82 Å². The van der Waals surface area contributed by atoms with Crippen LogP contribution < -0.4 is 10.2 Å². The molecule has 3 nitrogen and oxygen atoms in total. The number of hydrogen-bond donors (Lipinski definition) is 1. The van der Waals surface area contributed by atoms with Crippen LogP contribution in [0.4, 0.5) is 10.1 Å². The third-order valence-electron chi connectivity index (χ3n) is 4.03. The Bertz CT molecular complexity index is 442. The molecule has 118 valence electrons. The lowest BCUT2D eigenvalue weighted by molar-refractivity contribution is 0.199. The van der Waals surface area contributed by atoms with Crippen molar-refractivity contribution in [2.75, 3.05) is 38.3 Å². The van der Waals surface area contributed by atoms with Gasteiger partial charge in [-0.15, -0.1) is 0 Å². The molecule has 0 bridgehead atoms. The van der Waals surface area contributed by atoms with Crippen LogP contribution in [0.2, 0.25) is 0 Å². The van der Waals surface area contributed by atoms with Gasteiger partial charge in [0.05, 0.1) is 12.3 Å². The van der Waals surface area contributed by atoms with E-state index in [1.54, 1.807) is 13.2 Å². The average Bonchev–Trinajstić information content (AvgIpc) is 2.42. The van der Waals surface area contributed by atoms with Gasteiger partial charge in [-0.1, -0.05) is 19.9 Å². The monoisotopic (exact) mass is 294 g/mol. The predicted octanol–water partition coefficient (Wildman–Crippen LogP) is 3.04. The molecule has 1 fully saturated rings. The highest BCUT2D eigenvalue weighted by atomic mass is 19.1. The molecule has 0 radical (unpaired) electrons. The van der Waals surface area contributed by atoms with Crippen molar-refractivity contribution in [2.45, 2.75) is 26.8 Å². The molecule has 2 atom stereocenters. The molecule has 2 rings (SSSR count). The number of halogens is 1. The summed E-state index contributed by atoms with van der Waals surface area (Å²) in [7, 11) is 1.68. The molecule has 1 aliphatic heterocycles. The van der Waals surface area contributed by atoms with E-state index in [4.69, 9.17) is 4.74 Å². The van der Waals surface area contributed by atoms with E-state index in [1.165, 1.54) is 6.42 Å². The van der Waals surface area contributed by atoms with E-state index in [0.29, 0.717) is 25.0 Å². The van der Waals surface area contributed by atoms with Crippen molar-refractivity contribution in [2.24, 2.45) is 11.8 Å². The van der Waals surface area contributed by atoms with Crippen molar-refractivity contribution < 1.29 is 9.13 Å². The van der Waals surface area contributed by atoms with Gasteiger partial charge in [0.2, 0.25) is 0 Å². The fourth-order valence-corrected chi connectivity index (χ4v) is 3.18. The molecule has 0 spiro atoms. The fourth-order valence-electron chi connectivity index (χ4n) is 3.18. The van der Waals surface area contributed by atoms with Crippen LogP contribution in [0.15, 0.2) is 18.2 Å². The number of methoxy groups -OCH3 is 1. The quantitative estimate of drug-likeness (QED) is 0.816. The van der Waals surface area contributed by atoms with Crippen molar-refractivity contribution in [3.8, 4) is 0 Å². The smallest absolute Gasteiger partial charge is 0.146 e. The maximum absolute atomic E-state index is 14.4. The van der Waals surface area contributed by atoms with E-state index < -0.39 is 0 Å². The number of piperidine rings is 1. The SMILES string of the molecule is COCCNCc1ccc(N2CC(C)CC(C)C2)c(F)c1. The summed E-state index contributed by atoms with van der Waals surface area (Å²) >= 11 is 0. The van der Waals surface area contributed by atoms with Gasteiger partial charge in [-0.2, -0.15) is 0 Å². The average molecular weight is 294 g/mol. The second-order valence-electron chi connectivity index (χ2n) is 6.31. The topological polar surface area (TPSA) is 24.5 Å². The highest BCUT2D eigenvalue weighted by Crippen LogP contribution is 2.28. The first-order valence-electron chi connectivity index (χ1n) is 7.83. The molecule has 0 saturated carbocycles. The van der Waals surface area contributed by atoms with Gasteiger partial charge in [0, 0.05) is 33.3 Å². The minimum atomic E-state index is -0.109. The summed E-state index contributed by atoms with van der Waals surface area (Å²) in [6.07, 6.45) is 1.24. The van der Waals surface area contributed by atoms with Crippen LogP contribution in [0, 0.1) is 17.7 Å². The molecule has 1 aromatic rings. The Labute approximate surface area is 127 Å². The highest BCUT2D eigenvalue weighted by molar-refractivity contribution is 5.49. The lowest BCUT2D eigenvalue weighted by atomic mass is 9.91.